The largest absolute Gasteiger partial charge is 0.481 e. The summed E-state index contributed by atoms with van der Waals surface area (Å²) in [5.74, 6) is -1.81. The van der Waals surface area contributed by atoms with Crippen LogP contribution in [0, 0.1) is 0 Å². The second-order valence-electron chi connectivity index (χ2n) is 10.5. The van der Waals surface area contributed by atoms with E-state index in [-0.39, 0.29) is 22.6 Å². The average Bonchev–Trinajstić information content (AvgIpc) is 3.72. The topological polar surface area (TPSA) is 143 Å². The number of carbonyl (C=O) groups is 2. The molecule has 13 heteroatoms. The minimum Gasteiger partial charge on any atom is -0.481 e. The standard InChI is InChI=1S/C32H28O8S5/c1-44(37,38)23-9-3-19(4-10-23)27-17-21(7-15-29(33)34)31(42-27)25-13-14-26(41-25)32-22(8-16-30(35)36)18-28(43-32)20-5-11-24(12-6-20)45(2,39)40/h3-6,9-14,17-18H,7-8,15-16H2,1-2H3,(H,33,34)(H,35,36). The molecule has 0 aliphatic rings. The molecule has 5 rings (SSSR count). The molecule has 5 aromatic rings. The van der Waals surface area contributed by atoms with Crippen LogP contribution >= 0.6 is 34.0 Å². The Balaban J connectivity index is 1.53. The Morgan fingerprint density at radius 2 is 0.911 bits per heavy atom. The molecule has 0 saturated heterocycles. The Labute approximate surface area is 273 Å². The molecular formula is C32H28O8S5. The molecule has 0 bridgehead atoms. The third-order valence-electron chi connectivity index (χ3n) is 7.02. The van der Waals surface area contributed by atoms with Gasteiger partial charge in [-0.1, -0.05) is 24.3 Å². The van der Waals surface area contributed by atoms with Crippen LogP contribution < -0.4 is 0 Å². The number of benzene rings is 2. The molecule has 0 aliphatic carbocycles. The molecule has 0 spiro atoms. The minimum atomic E-state index is -3.34. The summed E-state index contributed by atoms with van der Waals surface area (Å²) in [6, 6.07) is 21.1. The number of rotatable bonds is 12. The van der Waals surface area contributed by atoms with Crippen molar-refractivity contribution in [2.24, 2.45) is 0 Å². The van der Waals surface area contributed by atoms with E-state index in [1.54, 1.807) is 48.5 Å². The molecule has 234 valence electrons. The van der Waals surface area contributed by atoms with Gasteiger partial charge in [-0.05, 0) is 83.6 Å². The van der Waals surface area contributed by atoms with E-state index < -0.39 is 31.6 Å². The fourth-order valence-electron chi connectivity index (χ4n) is 4.73. The number of aliphatic carboxylic acids is 2. The van der Waals surface area contributed by atoms with Crippen LogP contribution in [-0.2, 0) is 42.1 Å². The molecule has 3 heterocycles. The Morgan fingerprint density at radius 3 is 1.22 bits per heavy atom. The number of aryl methyl sites for hydroxylation is 2. The summed E-state index contributed by atoms with van der Waals surface area (Å²) in [4.78, 5) is 28.8. The van der Waals surface area contributed by atoms with Gasteiger partial charge in [0.15, 0.2) is 19.7 Å². The summed E-state index contributed by atoms with van der Waals surface area (Å²) >= 11 is 4.55. The lowest BCUT2D eigenvalue weighted by atomic mass is 10.1. The van der Waals surface area contributed by atoms with Gasteiger partial charge in [0, 0.05) is 54.6 Å². The van der Waals surface area contributed by atoms with Gasteiger partial charge < -0.3 is 10.2 Å². The van der Waals surface area contributed by atoms with E-state index in [0.717, 1.165) is 64.0 Å². The Kier molecular flexibility index (Phi) is 9.47. The number of carboxylic acid groups (broad SMARTS) is 2. The van der Waals surface area contributed by atoms with Crippen molar-refractivity contribution in [3.05, 3.63) is 83.9 Å². The van der Waals surface area contributed by atoms with E-state index in [9.17, 15) is 36.6 Å². The van der Waals surface area contributed by atoms with E-state index in [1.807, 2.05) is 24.3 Å². The highest BCUT2D eigenvalue weighted by molar-refractivity contribution is 7.91. The lowest BCUT2D eigenvalue weighted by molar-refractivity contribution is -0.138. The maximum absolute atomic E-state index is 11.9. The highest BCUT2D eigenvalue weighted by Gasteiger charge is 2.20. The van der Waals surface area contributed by atoms with E-state index >= 15 is 0 Å². The summed E-state index contributed by atoms with van der Waals surface area (Å²) in [7, 11) is -6.68. The third-order valence-corrected chi connectivity index (χ3v) is 13.2. The predicted molar refractivity (Wildman–Crippen MR) is 180 cm³/mol. The van der Waals surface area contributed by atoms with Crippen LogP contribution in [0.25, 0.3) is 40.4 Å². The number of thiophene rings is 3. The summed E-state index contributed by atoms with van der Waals surface area (Å²) in [5, 5.41) is 18.7. The van der Waals surface area contributed by atoms with Crippen LogP contribution in [0.4, 0.5) is 0 Å². The van der Waals surface area contributed by atoms with Gasteiger partial charge >= 0.3 is 11.9 Å². The van der Waals surface area contributed by atoms with E-state index in [1.165, 1.54) is 34.0 Å². The zero-order valence-corrected chi connectivity index (χ0v) is 28.2. The minimum absolute atomic E-state index is 0.0415. The molecule has 3 aromatic heterocycles. The molecule has 0 atom stereocenters. The van der Waals surface area contributed by atoms with Crippen molar-refractivity contribution in [2.45, 2.75) is 35.5 Å². The third kappa shape index (κ3) is 7.79. The Hall–Kier alpha value is -3.62. The highest BCUT2D eigenvalue weighted by Crippen LogP contribution is 2.47. The summed E-state index contributed by atoms with van der Waals surface area (Å²) in [5.41, 5.74) is 3.41. The SMILES string of the molecule is CS(=O)(=O)c1ccc(-c2cc(CCC(=O)O)c(-c3ccc(-c4sc(-c5ccc(S(C)(=O)=O)cc5)cc4CCC(=O)O)s3)s2)cc1. The molecule has 0 unspecified atom stereocenters. The number of hydrogen-bond donors (Lipinski definition) is 2. The van der Waals surface area contributed by atoms with Crippen molar-refractivity contribution in [1.82, 2.24) is 0 Å². The molecule has 0 aliphatic heterocycles. The fraction of sp³-hybridized carbons (Fsp3) is 0.188. The van der Waals surface area contributed by atoms with Crippen molar-refractivity contribution in [2.75, 3.05) is 12.5 Å². The summed E-state index contributed by atoms with van der Waals surface area (Å²) in [6.07, 6.45) is 2.88. The highest BCUT2D eigenvalue weighted by atomic mass is 32.2. The maximum Gasteiger partial charge on any atom is 0.303 e. The normalized spacial score (nSPS) is 12.0. The van der Waals surface area contributed by atoms with Crippen molar-refractivity contribution in [3.8, 4) is 40.4 Å². The Bertz CT molecular complexity index is 1950. The van der Waals surface area contributed by atoms with Crippen LogP contribution in [0.15, 0.2) is 82.6 Å². The van der Waals surface area contributed by atoms with Crippen LogP contribution in [0.5, 0.6) is 0 Å². The van der Waals surface area contributed by atoms with Gasteiger partial charge in [-0.3, -0.25) is 9.59 Å². The molecule has 2 N–H and O–H groups in total. The smallest absolute Gasteiger partial charge is 0.303 e. The van der Waals surface area contributed by atoms with Gasteiger partial charge in [-0.25, -0.2) is 16.8 Å². The first-order valence-electron chi connectivity index (χ1n) is 13.6. The summed E-state index contributed by atoms with van der Waals surface area (Å²) < 4.78 is 47.7. The molecule has 0 radical (unpaired) electrons. The molecule has 8 nitrogen and oxygen atoms in total. The molecule has 0 amide bonds. The van der Waals surface area contributed by atoms with E-state index in [4.69, 9.17) is 0 Å². The second-order valence-corrected chi connectivity index (χ2v) is 17.7. The van der Waals surface area contributed by atoms with Crippen LogP contribution in [0.2, 0.25) is 0 Å². The van der Waals surface area contributed by atoms with Crippen LogP contribution in [0.3, 0.4) is 0 Å². The quantitative estimate of drug-likeness (QED) is 0.137. The second kappa shape index (κ2) is 13.0. The first-order valence-corrected chi connectivity index (χ1v) is 19.8. The van der Waals surface area contributed by atoms with Crippen molar-refractivity contribution in [1.29, 1.82) is 0 Å². The van der Waals surface area contributed by atoms with Crippen LogP contribution in [-0.4, -0.2) is 51.5 Å². The van der Waals surface area contributed by atoms with Crippen LogP contribution in [0.1, 0.15) is 24.0 Å². The van der Waals surface area contributed by atoms with E-state index in [2.05, 4.69) is 0 Å². The molecule has 2 aromatic carbocycles. The lowest BCUT2D eigenvalue weighted by Crippen LogP contribution is -1.97. The van der Waals surface area contributed by atoms with Gasteiger partial charge in [-0.2, -0.15) is 0 Å². The van der Waals surface area contributed by atoms with Crippen molar-refractivity contribution >= 4 is 65.6 Å². The van der Waals surface area contributed by atoms with Gasteiger partial charge in [0.25, 0.3) is 0 Å². The molecular weight excluding hydrogens is 673 g/mol. The van der Waals surface area contributed by atoms with Gasteiger partial charge in [0.2, 0.25) is 0 Å². The zero-order chi connectivity index (χ0) is 32.5. The molecule has 0 saturated carbocycles. The number of carboxylic acids is 2. The first-order chi connectivity index (χ1) is 21.2. The zero-order valence-electron chi connectivity index (χ0n) is 24.1. The van der Waals surface area contributed by atoms with E-state index in [0.29, 0.717) is 12.8 Å². The summed E-state index contributed by atoms with van der Waals surface area (Å²) in [6.45, 7) is 0. The van der Waals surface area contributed by atoms with Crippen molar-refractivity contribution < 1.29 is 36.6 Å². The first kappa shape index (κ1) is 32.8. The average molecular weight is 701 g/mol. The van der Waals surface area contributed by atoms with Gasteiger partial charge in [-0.15, -0.1) is 34.0 Å². The number of hydrogen-bond acceptors (Lipinski definition) is 9. The predicted octanol–water partition coefficient (Wildman–Crippen LogP) is 7.38. The fourth-order valence-corrected chi connectivity index (χ4v) is 9.72. The Morgan fingerprint density at radius 1 is 0.556 bits per heavy atom. The van der Waals surface area contributed by atoms with Crippen molar-refractivity contribution in [3.63, 3.8) is 0 Å². The monoisotopic (exact) mass is 700 g/mol. The number of sulfone groups is 2. The molecule has 0 fully saturated rings. The molecule has 45 heavy (non-hydrogen) atoms. The van der Waals surface area contributed by atoms with Gasteiger partial charge in [0.1, 0.15) is 0 Å². The maximum atomic E-state index is 11.9. The van der Waals surface area contributed by atoms with Gasteiger partial charge in [0.05, 0.1) is 9.79 Å². The lowest BCUT2D eigenvalue weighted by Gasteiger charge is -2.01.